The van der Waals surface area contributed by atoms with Crippen LogP contribution < -0.4 is 24.9 Å². The molecule has 21 nitrogen and oxygen atoms in total. The highest BCUT2D eigenvalue weighted by Crippen LogP contribution is 2.41. The third-order valence-corrected chi connectivity index (χ3v) is 19.6. The molecule has 10 aromatic rings. The fraction of sp³-hybridized carbons (Fsp3) is 0.384. The Morgan fingerprint density at radius 1 is 0.564 bits per heavy atom. The summed E-state index contributed by atoms with van der Waals surface area (Å²) in [4.78, 5) is 66.7. The number of rotatable bonds is 16. The molecule has 12 heterocycles. The summed E-state index contributed by atoms with van der Waals surface area (Å²) in [5.74, 6) is 4.29. The summed E-state index contributed by atoms with van der Waals surface area (Å²) < 4.78 is 14.3. The van der Waals surface area contributed by atoms with Gasteiger partial charge < -0.3 is 43.4 Å². The second kappa shape index (κ2) is 24.4. The first kappa shape index (κ1) is 60.2. The van der Waals surface area contributed by atoms with E-state index in [1.54, 1.807) is 4.68 Å². The number of hydrogen-bond donors (Lipinski definition) is 1. The molecular formula is C73H80N18O3. The van der Waals surface area contributed by atoms with Crippen molar-refractivity contribution in [1.82, 2.24) is 69.1 Å². The zero-order valence-electron chi connectivity index (χ0n) is 55.1. The van der Waals surface area contributed by atoms with Gasteiger partial charge in [-0.1, -0.05) is 53.7 Å². The van der Waals surface area contributed by atoms with Crippen LogP contribution in [0.4, 0.5) is 27.5 Å². The molecule has 0 radical (unpaired) electrons. The van der Waals surface area contributed by atoms with Gasteiger partial charge >= 0.3 is 6.09 Å². The molecule has 5 aliphatic heterocycles. The number of hydrogen-bond acceptors (Lipinski definition) is 15. The van der Waals surface area contributed by atoms with Gasteiger partial charge in [0.2, 0.25) is 5.91 Å². The molecule has 480 valence electrons. The molecule has 0 spiro atoms. The monoisotopic (exact) mass is 1260 g/mol. The van der Waals surface area contributed by atoms with E-state index in [0.717, 1.165) is 189 Å². The van der Waals surface area contributed by atoms with Crippen molar-refractivity contribution < 1.29 is 14.3 Å². The molecular weight excluding hydrogens is 1180 g/mol. The lowest BCUT2D eigenvalue weighted by atomic mass is 9.97. The van der Waals surface area contributed by atoms with Crippen molar-refractivity contribution in [2.24, 2.45) is 0 Å². The van der Waals surface area contributed by atoms with Gasteiger partial charge in [0, 0.05) is 123 Å². The minimum atomic E-state index is -0.388. The third kappa shape index (κ3) is 11.1. The molecule has 7 aromatic heterocycles. The number of aryl methyl sites for hydroxylation is 3. The van der Waals surface area contributed by atoms with E-state index >= 15 is 0 Å². The van der Waals surface area contributed by atoms with Gasteiger partial charge in [0.05, 0.1) is 82.6 Å². The molecule has 0 aliphatic carbocycles. The first-order valence-electron chi connectivity index (χ1n) is 33.3. The van der Waals surface area contributed by atoms with E-state index in [-0.39, 0.29) is 35.8 Å². The number of pyridine rings is 3. The Morgan fingerprint density at radius 2 is 1.16 bits per heavy atom. The Morgan fingerprint density at radius 3 is 1.79 bits per heavy atom. The van der Waals surface area contributed by atoms with Gasteiger partial charge in [-0.05, 0) is 157 Å². The van der Waals surface area contributed by atoms with Crippen molar-refractivity contribution in [3.05, 3.63) is 189 Å². The van der Waals surface area contributed by atoms with Crippen LogP contribution in [0.15, 0.2) is 109 Å². The standard InChI is InChI=1S/C73H80N18O3/c1-43(2)67-56(12-10-26-74-67)71-62-41-86(55-23-25-60(46(7)34-55)90-27-11-13-66(90)92)30-33-88(62)64(79-71)36-49-35-58(68(44(3)4)75-38-49)72-63-40-85(52-17-14-50(15-18-52)59-42-94-73(93)78-59)29-32-89(63)65(80-72)37-51-16-24-57(69(77-51)45(5)6)70-61-39-84(28-31-87(61)47(8)76-70)53-19-21-54(22-20-53)91-48(9)81-82-83-91/h10,12,14-26,34-35,38,43-45,59H,11,13,27-33,36-37,39-42H2,1-9H3,(H,78,93). The molecule has 1 N–H and O–H groups in total. The van der Waals surface area contributed by atoms with Crippen molar-refractivity contribution in [1.29, 1.82) is 0 Å². The van der Waals surface area contributed by atoms with Crippen LogP contribution in [0.2, 0.25) is 0 Å². The van der Waals surface area contributed by atoms with Crippen molar-refractivity contribution >= 4 is 34.7 Å². The van der Waals surface area contributed by atoms with Crippen LogP contribution in [0, 0.1) is 20.8 Å². The van der Waals surface area contributed by atoms with E-state index in [4.69, 9.17) is 34.6 Å². The van der Waals surface area contributed by atoms with Gasteiger partial charge in [-0.15, -0.1) is 5.10 Å². The Hall–Kier alpha value is -10.1. The number of carbonyl (C=O) groups is 2. The van der Waals surface area contributed by atoms with Crippen LogP contribution in [0.25, 0.3) is 39.5 Å². The highest BCUT2D eigenvalue weighted by molar-refractivity contribution is 5.96. The summed E-state index contributed by atoms with van der Waals surface area (Å²) in [6.07, 6.45) is 6.14. The Kier molecular flexibility index (Phi) is 15.7. The SMILES string of the molecule is Cc1cc(N2CCn3c(Cc4cnc(C(C)C)c(-c5nc(Cc6ccc(-c7nc(C)n8c7CN(c7ccc(-n9nnnc9C)cc7)CC8)c(C(C)C)n6)n6c5CN(c5ccc(C7COC(=O)N7)cc5)CC6)c4)nc(-c4cccnc4C(C)C)c3C2)ccc1N1CCCC1=O. The van der Waals surface area contributed by atoms with Crippen LogP contribution in [0.5, 0.6) is 0 Å². The molecule has 5 aliphatic rings. The van der Waals surface area contributed by atoms with Gasteiger partial charge in [0.25, 0.3) is 0 Å². The predicted octanol–water partition coefficient (Wildman–Crippen LogP) is 11.9. The van der Waals surface area contributed by atoms with Crippen LogP contribution in [-0.4, -0.2) is 109 Å². The lowest BCUT2D eigenvalue weighted by Gasteiger charge is -2.32. The third-order valence-electron chi connectivity index (χ3n) is 19.6. The van der Waals surface area contributed by atoms with E-state index in [2.05, 4.69) is 202 Å². The Labute approximate surface area is 547 Å². The van der Waals surface area contributed by atoms with Crippen LogP contribution in [0.3, 0.4) is 0 Å². The average molecular weight is 1260 g/mol. The van der Waals surface area contributed by atoms with E-state index in [0.29, 0.717) is 45.5 Å². The summed E-state index contributed by atoms with van der Waals surface area (Å²) in [6, 6.07) is 34.3. The van der Waals surface area contributed by atoms with Gasteiger partial charge in [-0.25, -0.2) is 19.7 Å². The summed E-state index contributed by atoms with van der Waals surface area (Å²) in [5, 5.41) is 15.0. The Bertz CT molecular complexity index is 4550. The molecule has 1 unspecified atom stereocenters. The number of cyclic esters (lactones) is 1. The number of fused-ring (bicyclic) bond motifs is 3. The predicted molar refractivity (Wildman–Crippen MR) is 362 cm³/mol. The van der Waals surface area contributed by atoms with Crippen LogP contribution in [-0.2, 0) is 61.6 Å². The number of nitrogens with one attached hydrogen (secondary N) is 1. The summed E-state index contributed by atoms with van der Waals surface area (Å²) in [6.45, 7) is 27.2. The second-order valence-corrected chi connectivity index (χ2v) is 26.7. The highest BCUT2D eigenvalue weighted by Gasteiger charge is 2.33. The van der Waals surface area contributed by atoms with E-state index < -0.39 is 0 Å². The summed E-state index contributed by atoms with van der Waals surface area (Å²) in [5.41, 5.74) is 21.9. The average Bonchev–Trinajstić information content (AvgIpc) is 1.59. The van der Waals surface area contributed by atoms with Crippen molar-refractivity contribution in [2.75, 3.05) is 52.4 Å². The number of aromatic nitrogens is 13. The molecule has 21 heteroatoms. The molecule has 3 aromatic carbocycles. The lowest BCUT2D eigenvalue weighted by molar-refractivity contribution is -0.117. The normalized spacial score (nSPS) is 16.4. The fourth-order valence-electron chi connectivity index (χ4n) is 14.8. The van der Waals surface area contributed by atoms with E-state index in [9.17, 15) is 9.59 Å². The fourth-order valence-corrected chi connectivity index (χ4v) is 14.8. The minimum absolute atomic E-state index is 0.0998. The smallest absolute Gasteiger partial charge is 0.407 e. The number of benzene rings is 3. The van der Waals surface area contributed by atoms with Crippen LogP contribution >= 0.6 is 0 Å². The first-order chi connectivity index (χ1) is 45.6. The highest BCUT2D eigenvalue weighted by atomic mass is 16.6. The molecule has 1 atom stereocenters. The zero-order valence-corrected chi connectivity index (χ0v) is 55.1. The van der Waals surface area contributed by atoms with E-state index in [1.807, 2.05) is 24.1 Å². The number of amides is 2. The molecule has 94 heavy (non-hydrogen) atoms. The van der Waals surface area contributed by atoms with Crippen LogP contribution in [0.1, 0.15) is 158 Å². The molecule has 0 saturated carbocycles. The number of nitrogens with zero attached hydrogens (tertiary/aromatic N) is 17. The minimum Gasteiger partial charge on any atom is -0.447 e. The molecule has 2 amide bonds. The zero-order chi connectivity index (χ0) is 64.6. The van der Waals surface area contributed by atoms with E-state index in [1.165, 1.54) is 5.69 Å². The van der Waals surface area contributed by atoms with Gasteiger partial charge in [0.15, 0.2) is 5.82 Å². The molecule has 15 rings (SSSR count). The maximum absolute atomic E-state index is 12.8. The Balaban J connectivity index is 0.775. The van der Waals surface area contributed by atoms with Crippen molar-refractivity contribution in [3.8, 4) is 39.5 Å². The van der Waals surface area contributed by atoms with Gasteiger partial charge in [-0.3, -0.25) is 19.7 Å². The topological polar surface area (TPSA) is 204 Å². The largest absolute Gasteiger partial charge is 0.447 e. The maximum Gasteiger partial charge on any atom is 0.407 e. The number of alkyl carbamates (subject to hydrolysis) is 1. The number of carbonyl (C=O) groups excluding carboxylic acids is 2. The first-order valence-corrected chi connectivity index (χ1v) is 33.3. The summed E-state index contributed by atoms with van der Waals surface area (Å²) in [7, 11) is 0. The molecule has 0 bridgehead atoms. The van der Waals surface area contributed by atoms with Crippen molar-refractivity contribution in [2.45, 2.75) is 151 Å². The number of ether oxygens (including phenoxy) is 1. The number of anilines is 4. The van der Waals surface area contributed by atoms with Crippen molar-refractivity contribution in [3.63, 3.8) is 0 Å². The number of tetrazole rings is 1. The second-order valence-electron chi connectivity index (χ2n) is 26.7. The number of imidazole rings is 3. The molecule has 2 saturated heterocycles. The quantitative estimate of drug-likeness (QED) is 0.0955. The molecule has 2 fully saturated rings. The lowest BCUT2D eigenvalue weighted by Crippen LogP contribution is -2.34. The maximum atomic E-state index is 12.8. The summed E-state index contributed by atoms with van der Waals surface area (Å²) >= 11 is 0. The van der Waals surface area contributed by atoms with Gasteiger partial charge in [0.1, 0.15) is 24.1 Å². The van der Waals surface area contributed by atoms with Gasteiger partial charge in [-0.2, -0.15) is 4.68 Å².